The molecule has 0 saturated carbocycles. The molecule has 0 saturated heterocycles. The van der Waals surface area contributed by atoms with Crippen molar-refractivity contribution in [2.24, 2.45) is 11.7 Å². The van der Waals surface area contributed by atoms with E-state index in [0.29, 0.717) is 24.9 Å². The van der Waals surface area contributed by atoms with Gasteiger partial charge in [0.2, 0.25) is 5.88 Å². The SMILES string of the molecule is CC(C)COc1nc(CN)cc2ccccc12. The van der Waals surface area contributed by atoms with E-state index in [1.807, 2.05) is 24.3 Å². The monoisotopic (exact) mass is 230 g/mol. The Labute approximate surface area is 102 Å². The molecule has 1 aromatic carbocycles. The molecule has 2 N–H and O–H groups in total. The molecule has 2 rings (SSSR count). The van der Waals surface area contributed by atoms with Gasteiger partial charge in [0.15, 0.2) is 0 Å². The first-order valence-electron chi connectivity index (χ1n) is 5.92. The van der Waals surface area contributed by atoms with Gasteiger partial charge in [-0.25, -0.2) is 4.98 Å². The highest BCUT2D eigenvalue weighted by Crippen LogP contribution is 2.24. The maximum atomic E-state index is 5.76. The van der Waals surface area contributed by atoms with E-state index >= 15 is 0 Å². The zero-order valence-electron chi connectivity index (χ0n) is 10.3. The summed E-state index contributed by atoms with van der Waals surface area (Å²) in [5, 5.41) is 2.17. The van der Waals surface area contributed by atoms with Gasteiger partial charge < -0.3 is 10.5 Å². The summed E-state index contributed by atoms with van der Waals surface area (Å²) in [5.74, 6) is 1.18. The van der Waals surface area contributed by atoms with Crippen LogP contribution in [0.1, 0.15) is 19.5 Å². The summed E-state index contributed by atoms with van der Waals surface area (Å²) in [7, 11) is 0. The minimum Gasteiger partial charge on any atom is -0.477 e. The standard InChI is InChI=1S/C14H18N2O/c1-10(2)9-17-14-13-6-4-3-5-11(13)7-12(8-15)16-14/h3-7,10H,8-9,15H2,1-2H3. The number of aromatic nitrogens is 1. The highest BCUT2D eigenvalue weighted by Gasteiger charge is 2.07. The van der Waals surface area contributed by atoms with E-state index in [9.17, 15) is 0 Å². The molecule has 3 heteroatoms. The van der Waals surface area contributed by atoms with Crippen molar-refractivity contribution in [2.45, 2.75) is 20.4 Å². The molecule has 0 bridgehead atoms. The fourth-order valence-electron chi connectivity index (χ4n) is 1.68. The predicted octanol–water partition coefficient (Wildman–Crippen LogP) is 2.73. The number of benzene rings is 1. The molecule has 1 aromatic heterocycles. The summed E-state index contributed by atoms with van der Waals surface area (Å²) in [4.78, 5) is 4.44. The molecule has 0 aliphatic rings. The second-order valence-electron chi connectivity index (χ2n) is 4.55. The smallest absolute Gasteiger partial charge is 0.221 e. The molecule has 0 aliphatic carbocycles. The Morgan fingerprint density at radius 3 is 2.76 bits per heavy atom. The summed E-state index contributed by atoms with van der Waals surface area (Å²) in [5.41, 5.74) is 6.51. The lowest BCUT2D eigenvalue weighted by molar-refractivity contribution is 0.264. The van der Waals surface area contributed by atoms with Gasteiger partial charge in [-0.1, -0.05) is 32.0 Å². The van der Waals surface area contributed by atoms with Gasteiger partial charge in [0.05, 0.1) is 12.3 Å². The van der Waals surface area contributed by atoms with Gasteiger partial charge in [-0.2, -0.15) is 0 Å². The number of nitrogens with zero attached hydrogens (tertiary/aromatic N) is 1. The molecule has 0 atom stereocenters. The zero-order chi connectivity index (χ0) is 12.3. The molecule has 17 heavy (non-hydrogen) atoms. The highest BCUT2D eigenvalue weighted by molar-refractivity contribution is 5.87. The van der Waals surface area contributed by atoms with Crippen molar-refractivity contribution in [3.8, 4) is 5.88 Å². The zero-order valence-corrected chi connectivity index (χ0v) is 10.3. The number of pyridine rings is 1. The van der Waals surface area contributed by atoms with Gasteiger partial charge in [0.1, 0.15) is 0 Å². The first kappa shape index (κ1) is 11.9. The minimum atomic E-state index is 0.433. The van der Waals surface area contributed by atoms with Crippen LogP contribution in [0.15, 0.2) is 30.3 Å². The molecule has 90 valence electrons. The summed E-state index contributed by atoms with van der Waals surface area (Å²) < 4.78 is 5.76. The van der Waals surface area contributed by atoms with Crippen LogP contribution in [-0.4, -0.2) is 11.6 Å². The Balaban J connectivity index is 2.43. The molecule has 0 radical (unpaired) electrons. The Kier molecular flexibility index (Phi) is 3.59. The van der Waals surface area contributed by atoms with E-state index in [1.165, 1.54) is 0 Å². The number of nitrogens with two attached hydrogens (primary N) is 1. The molecule has 0 fully saturated rings. The van der Waals surface area contributed by atoms with Gasteiger partial charge in [-0.15, -0.1) is 0 Å². The number of ether oxygens (including phenoxy) is 1. The maximum absolute atomic E-state index is 5.76. The van der Waals surface area contributed by atoms with E-state index < -0.39 is 0 Å². The third kappa shape index (κ3) is 2.74. The van der Waals surface area contributed by atoms with Crippen molar-refractivity contribution in [1.82, 2.24) is 4.98 Å². The quantitative estimate of drug-likeness (QED) is 0.878. The fourth-order valence-corrected chi connectivity index (χ4v) is 1.68. The van der Waals surface area contributed by atoms with Gasteiger partial charge in [0.25, 0.3) is 0 Å². The van der Waals surface area contributed by atoms with Crippen molar-refractivity contribution in [1.29, 1.82) is 0 Å². The Hall–Kier alpha value is -1.61. The summed E-state index contributed by atoms with van der Waals surface area (Å²) >= 11 is 0. The van der Waals surface area contributed by atoms with Crippen LogP contribution >= 0.6 is 0 Å². The van der Waals surface area contributed by atoms with E-state index in [0.717, 1.165) is 16.5 Å². The number of rotatable bonds is 4. The Morgan fingerprint density at radius 1 is 1.29 bits per heavy atom. The second-order valence-corrected chi connectivity index (χ2v) is 4.55. The lowest BCUT2D eigenvalue weighted by Gasteiger charge is -2.11. The topological polar surface area (TPSA) is 48.1 Å². The van der Waals surface area contributed by atoms with Gasteiger partial charge >= 0.3 is 0 Å². The van der Waals surface area contributed by atoms with Gasteiger partial charge in [-0.3, -0.25) is 0 Å². The molecule has 0 unspecified atom stereocenters. The first-order valence-corrected chi connectivity index (χ1v) is 5.92. The average Bonchev–Trinajstić information content (AvgIpc) is 2.35. The van der Waals surface area contributed by atoms with Crippen molar-refractivity contribution in [2.75, 3.05) is 6.61 Å². The minimum absolute atomic E-state index is 0.433. The molecular formula is C14H18N2O. The number of hydrogen-bond donors (Lipinski definition) is 1. The molecule has 0 aliphatic heterocycles. The van der Waals surface area contributed by atoms with Crippen LogP contribution in [0.2, 0.25) is 0 Å². The van der Waals surface area contributed by atoms with Crippen molar-refractivity contribution in [3.05, 3.63) is 36.0 Å². The number of fused-ring (bicyclic) bond motifs is 1. The summed E-state index contributed by atoms with van der Waals surface area (Å²) in [6.07, 6.45) is 0. The molecule has 1 heterocycles. The number of hydrogen-bond acceptors (Lipinski definition) is 3. The lowest BCUT2D eigenvalue weighted by atomic mass is 10.1. The third-order valence-electron chi connectivity index (χ3n) is 2.52. The first-order chi connectivity index (χ1) is 8.20. The van der Waals surface area contributed by atoms with Crippen molar-refractivity contribution >= 4 is 10.8 Å². The van der Waals surface area contributed by atoms with Gasteiger partial charge in [-0.05, 0) is 23.4 Å². The fraction of sp³-hybridized carbons (Fsp3) is 0.357. The van der Waals surface area contributed by atoms with E-state index in [2.05, 4.69) is 24.9 Å². The normalized spacial score (nSPS) is 11.1. The van der Waals surface area contributed by atoms with Crippen LogP contribution in [0.5, 0.6) is 5.88 Å². The second kappa shape index (κ2) is 5.15. The van der Waals surface area contributed by atoms with Crippen LogP contribution in [-0.2, 0) is 6.54 Å². The molecule has 2 aromatic rings. The van der Waals surface area contributed by atoms with Gasteiger partial charge in [0, 0.05) is 11.9 Å². The van der Waals surface area contributed by atoms with Crippen LogP contribution < -0.4 is 10.5 Å². The molecular weight excluding hydrogens is 212 g/mol. The van der Waals surface area contributed by atoms with Crippen molar-refractivity contribution < 1.29 is 4.74 Å². The third-order valence-corrected chi connectivity index (χ3v) is 2.52. The highest BCUT2D eigenvalue weighted by atomic mass is 16.5. The van der Waals surface area contributed by atoms with Crippen LogP contribution in [0.25, 0.3) is 10.8 Å². The van der Waals surface area contributed by atoms with Crippen LogP contribution in [0.3, 0.4) is 0 Å². The Morgan fingerprint density at radius 2 is 2.06 bits per heavy atom. The van der Waals surface area contributed by atoms with Crippen LogP contribution in [0.4, 0.5) is 0 Å². The molecule has 0 amide bonds. The maximum Gasteiger partial charge on any atom is 0.221 e. The summed E-state index contributed by atoms with van der Waals surface area (Å²) in [6, 6.07) is 10.1. The Bertz CT molecular complexity index is 509. The van der Waals surface area contributed by atoms with Crippen LogP contribution in [0, 0.1) is 5.92 Å². The van der Waals surface area contributed by atoms with E-state index in [-0.39, 0.29) is 0 Å². The molecule has 0 spiro atoms. The average molecular weight is 230 g/mol. The van der Waals surface area contributed by atoms with E-state index in [4.69, 9.17) is 10.5 Å². The molecule has 3 nitrogen and oxygen atoms in total. The summed E-state index contributed by atoms with van der Waals surface area (Å²) in [6.45, 7) is 5.35. The van der Waals surface area contributed by atoms with Crippen molar-refractivity contribution in [3.63, 3.8) is 0 Å². The van der Waals surface area contributed by atoms with E-state index in [1.54, 1.807) is 0 Å². The lowest BCUT2D eigenvalue weighted by Crippen LogP contribution is -2.08. The largest absolute Gasteiger partial charge is 0.477 e. The predicted molar refractivity (Wildman–Crippen MR) is 70.0 cm³/mol.